The first-order valence-corrected chi connectivity index (χ1v) is 9.77. The Morgan fingerprint density at radius 1 is 1.47 bits per heavy atom. The van der Waals surface area contributed by atoms with Crippen LogP contribution in [-0.2, 0) is 10.0 Å². The molecule has 0 N–H and O–H groups in total. The Kier molecular flexibility index (Phi) is 4.99. The Balaban J connectivity index is 2.14. The highest BCUT2D eigenvalue weighted by Crippen LogP contribution is 2.34. The maximum atomic E-state index is 12.5. The second-order valence-corrected chi connectivity index (χ2v) is 10.2. The van der Waals surface area contributed by atoms with Gasteiger partial charge in [-0.3, -0.25) is 0 Å². The van der Waals surface area contributed by atoms with Crippen molar-refractivity contribution in [3.63, 3.8) is 0 Å². The summed E-state index contributed by atoms with van der Waals surface area (Å²) in [5, 5.41) is 0. The molecule has 1 aromatic heterocycles. The summed E-state index contributed by atoms with van der Waals surface area (Å²) in [6, 6.07) is 1.67. The molecule has 1 fully saturated rings. The van der Waals surface area contributed by atoms with E-state index in [0.29, 0.717) is 32.4 Å². The molecular formula is C12H17BrClNO2S2. The Morgan fingerprint density at radius 2 is 2.05 bits per heavy atom. The molecule has 0 bridgehead atoms. The summed E-state index contributed by atoms with van der Waals surface area (Å²) in [6.45, 7) is 5.14. The normalized spacial score (nSPS) is 20.6. The quantitative estimate of drug-likeness (QED) is 0.739. The van der Waals surface area contributed by atoms with Crippen LogP contribution in [0.5, 0.6) is 0 Å². The van der Waals surface area contributed by atoms with Crippen LogP contribution in [0.2, 0.25) is 4.34 Å². The molecule has 3 nitrogen and oxygen atoms in total. The molecule has 0 aliphatic carbocycles. The average molecular weight is 387 g/mol. The SMILES string of the molecule is Cc1cc(S(=O)(=O)N2CCC(C(C)Br)CC2)sc1Cl. The van der Waals surface area contributed by atoms with Crippen molar-refractivity contribution in [2.75, 3.05) is 13.1 Å². The fourth-order valence-corrected chi connectivity index (χ4v) is 6.12. The Morgan fingerprint density at radius 3 is 2.47 bits per heavy atom. The van der Waals surface area contributed by atoms with Crippen LogP contribution in [0.3, 0.4) is 0 Å². The van der Waals surface area contributed by atoms with E-state index in [1.54, 1.807) is 10.4 Å². The molecule has 2 rings (SSSR count). The van der Waals surface area contributed by atoms with Gasteiger partial charge in [-0.2, -0.15) is 4.31 Å². The predicted molar refractivity (Wildman–Crippen MR) is 83.9 cm³/mol. The van der Waals surface area contributed by atoms with E-state index in [4.69, 9.17) is 11.6 Å². The molecule has 0 spiro atoms. The van der Waals surface area contributed by atoms with E-state index in [2.05, 4.69) is 22.9 Å². The van der Waals surface area contributed by atoms with Gasteiger partial charge in [-0.15, -0.1) is 11.3 Å². The topological polar surface area (TPSA) is 37.4 Å². The van der Waals surface area contributed by atoms with Crippen molar-refractivity contribution in [2.24, 2.45) is 5.92 Å². The van der Waals surface area contributed by atoms with E-state index in [0.717, 1.165) is 29.7 Å². The molecule has 1 aromatic rings. The summed E-state index contributed by atoms with van der Waals surface area (Å²) in [5.41, 5.74) is 0.828. The highest BCUT2D eigenvalue weighted by molar-refractivity contribution is 9.09. The lowest BCUT2D eigenvalue weighted by Crippen LogP contribution is -2.39. The van der Waals surface area contributed by atoms with Gasteiger partial charge in [0.25, 0.3) is 10.0 Å². The van der Waals surface area contributed by atoms with Gasteiger partial charge in [-0.05, 0) is 37.3 Å². The van der Waals surface area contributed by atoms with Crippen molar-refractivity contribution in [1.29, 1.82) is 0 Å². The Labute approximate surface area is 132 Å². The van der Waals surface area contributed by atoms with Crippen LogP contribution in [0.4, 0.5) is 0 Å². The first-order chi connectivity index (χ1) is 8.82. The lowest BCUT2D eigenvalue weighted by atomic mass is 9.96. The molecule has 1 atom stereocenters. The first-order valence-electron chi connectivity index (χ1n) is 6.22. The van der Waals surface area contributed by atoms with E-state index in [-0.39, 0.29) is 0 Å². The second-order valence-electron chi connectivity index (χ2n) is 4.94. The van der Waals surface area contributed by atoms with Crippen molar-refractivity contribution in [3.05, 3.63) is 16.0 Å². The summed E-state index contributed by atoms with van der Waals surface area (Å²) in [7, 11) is -3.36. The van der Waals surface area contributed by atoms with Gasteiger partial charge in [0, 0.05) is 17.9 Å². The number of piperidine rings is 1. The molecule has 1 aliphatic heterocycles. The molecule has 0 aromatic carbocycles. The van der Waals surface area contributed by atoms with Gasteiger partial charge < -0.3 is 0 Å². The molecule has 0 radical (unpaired) electrons. The number of aryl methyl sites for hydroxylation is 1. The van der Waals surface area contributed by atoms with Crippen LogP contribution in [0, 0.1) is 12.8 Å². The maximum Gasteiger partial charge on any atom is 0.252 e. The average Bonchev–Trinajstić information content (AvgIpc) is 2.70. The molecule has 0 amide bonds. The minimum absolute atomic E-state index is 0.361. The number of hydrogen-bond acceptors (Lipinski definition) is 3. The zero-order chi connectivity index (χ0) is 14.2. The van der Waals surface area contributed by atoms with E-state index in [1.165, 1.54) is 0 Å². The number of thiophene rings is 1. The first kappa shape index (κ1) is 15.8. The number of alkyl halides is 1. The lowest BCUT2D eigenvalue weighted by Gasteiger charge is -2.32. The Hall–Kier alpha value is 0.380. The highest BCUT2D eigenvalue weighted by atomic mass is 79.9. The fraction of sp³-hybridized carbons (Fsp3) is 0.667. The van der Waals surface area contributed by atoms with Gasteiger partial charge in [0.1, 0.15) is 4.21 Å². The fourth-order valence-electron chi connectivity index (χ4n) is 2.26. The molecule has 19 heavy (non-hydrogen) atoms. The maximum absolute atomic E-state index is 12.5. The third-order valence-corrected chi connectivity index (χ3v) is 8.23. The largest absolute Gasteiger partial charge is 0.252 e. The van der Waals surface area contributed by atoms with Gasteiger partial charge in [0.15, 0.2) is 0 Å². The molecule has 108 valence electrons. The van der Waals surface area contributed by atoms with Crippen LogP contribution in [0.15, 0.2) is 10.3 Å². The third kappa shape index (κ3) is 3.35. The van der Waals surface area contributed by atoms with E-state index < -0.39 is 10.0 Å². The zero-order valence-electron chi connectivity index (χ0n) is 10.9. The van der Waals surface area contributed by atoms with Crippen molar-refractivity contribution >= 4 is 48.9 Å². The molecule has 7 heteroatoms. The number of hydrogen-bond donors (Lipinski definition) is 0. The second kappa shape index (κ2) is 6.02. The summed E-state index contributed by atoms with van der Waals surface area (Å²) >= 11 is 10.7. The highest BCUT2D eigenvalue weighted by Gasteiger charge is 2.32. The molecule has 1 aliphatic rings. The lowest BCUT2D eigenvalue weighted by molar-refractivity contribution is 0.275. The number of nitrogens with zero attached hydrogens (tertiary/aromatic N) is 1. The van der Waals surface area contributed by atoms with E-state index in [1.807, 2.05) is 6.92 Å². The summed E-state index contributed by atoms with van der Waals surface area (Å²) < 4.78 is 27.5. The summed E-state index contributed by atoms with van der Waals surface area (Å²) in [6.07, 6.45) is 1.81. The molecule has 2 heterocycles. The molecule has 1 unspecified atom stereocenters. The minimum Gasteiger partial charge on any atom is -0.206 e. The van der Waals surface area contributed by atoms with Gasteiger partial charge >= 0.3 is 0 Å². The van der Waals surface area contributed by atoms with E-state index >= 15 is 0 Å². The van der Waals surface area contributed by atoms with Crippen LogP contribution in [0.25, 0.3) is 0 Å². The van der Waals surface area contributed by atoms with Crippen LogP contribution >= 0.6 is 38.9 Å². The molecule has 1 saturated heterocycles. The van der Waals surface area contributed by atoms with Crippen LogP contribution in [-0.4, -0.2) is 30.6 Å². The van der Waals surface area contributed by atoms with Gasteiger partial charge in [0.05, 0.1) is 4.34 Å². The molecular weight excluding hydrogens is 370 g/mol. The van der Waals surface area contributed by atoms with E-state index in [9.17, 15) is 8.42 Å². The van der Waals surface area contributed by atoms with Crippen molar-refractivity contribution in [3.8, 4) is 0 Å². The van der Waals surface area contributed by atoms with Crippen molar-refractivity contribution in [2.45, 2.75) is 35.7 Å². The number of rotatable bonds is 3. The summed E-state index contributed by atoms with van der Waals surface area (Å²) in [5.74, 6) is 0.556. The molecule has 0 saturated carbocycles. The minimum atomic E-state index is -3.36. The van der Waals surface area contributed by atoms with Crippen molar-refractivity contribution < 1.29 is 8.42 Å². The summed E-state index contributed by atoms with van der Waals surface area (Å²) in [4.78, 5) is 0.441. The van der Waals surface area contributed by atoms with Crippen molar-refractivity contribution in [1.82, 2.24) is 4.31 Å². The third-order valence-electron chi connectivity index (χ3n) is 3.58. The smallest absolute Gasteiger partial charge is 0.206 e. The predicted octanol–water partition coefficient (Wildman–Crippen LogP) is 3.89. The van der Waals surface area contributed by atoms with Gasteiger partial charge in [0.2, 0.25) is 0 Å². The zero-order valence-corrected chi connectivity index (χ0v) is 14.9. The van der Waals surface area contributed by atoms with Crippen LogP contribution in [0.1, 0.15) is 25.3 Å². The van der Waals surface area contributed by atoms with Gasteiger partial charge in [-0.1, -0.05) is 34.5 Å². The monoisotopic (exact) mass is 385 g/mol. The number of sulfonamides is 1. The standard InChI is InChI=1S/C12H17BrClNO2S2/c1-8-7-11(18-12(8)14)19(16,17)15-5-3-10(4-6-15)9(2)13/h7,9-10H,3-6H2,1-2H3. The van der Waals surface area contributed by atoms with Gasteiger partial charge in [-0.25, -0.2) is 8.42 Å². The van der Waals surface area contributed by atoms with Crippen LogP contribution < -0.4 is 0 Å². The Bertz CT molecular complexity index is 529. The number of halogens is 2.